The molecule has 88 valence electrons. The van der Waals surface area contributed by atoms with Crippen LogP contribution in [0.2, 0.25) is 0 Å². The second kappa shape index (κ2) is 4.41. The summed E-state index contributed by atoms with van der Waals surface area (Å²) in [6, 6.07) is 7.68. The van der Waals surface area contributed by atoms with Crippen LogP contribution in [0.25, 0.3) is 0 Å². The Morgan fingerprint density at radius 1 is 1.24 bits per heavy atom. The van der Waals surface area contributed by atoms with Gasteiger partial charge in [-0.2, -0.15) is 5.10 Å². The van der Waals surface area contributed by atoms with Gasteiger partial charge in [-0.25, -0.2) is 0 Å². The van der Waals surface area contributed by atoms with Crippen LogP contribution in [0.5, 0.6) is 0 Å². The zero-order valence-corrected chi connectivity index (χ0v) is 10.2. The predicted octanol–water partition coefficient (Wildman–Crippen LogP) is 2.29. The number of nitrogens with one attached hydrogen (secondary N) is 1. The van der Waals surface area contributed by atoms with E-state index in [1.807, 2.05) is 44.3 Å². The van der Waals surface area contributed by atoms with Gasteiger partial charge in [0.05, 0.1) is 0 Å². The Bertz CT molecular complexity index is 558. The molecule has 0 aliphatic heterocycles. The number of hydrogen-bond donors (Lipinski definition) is 1. The fraction of sp³-hybridized carbons (Fsp3) is 0.231. The number of benzene rings is 1. The number of nitrogens with zero attached hydrogens (tertiary/aromatic N) is 2. The first-order chi connectivity index (χ1) is 8.08. The van der Waals surface area contributed by atoms with E-state index in [0.717, 1.165) is 16.8 Å². The Hall–Kier alpha value is -2.10. The van der Waals surface area contributed by atoms with Gasteiger partial charge in [0.1, 0.15) is 0 Å². The molecule has 0 saturated carbocycles. The zero-order chi connectivity index (χ0) is 12.4. The molecule has 0 unspecified atom stereocenters. The van der Waals surface area contributed by atoms with Crippen LogP contribution in [0.1, 0.15) is 21.6 Å². The smallest absolute Gasteiger partial charge is 0.276 e. The van der Waals surface area contributed by atoms with E-state index in [-0.39, 0.29) is 5.91 Å². The summed E-state index contributed by atoms with van der Waals surface area (Å²) in [5.74, 6) is -0.169. The van der Waals surface area contributed by atoms with Crippen LogP contribution in [-0.2, 0) is 7.05 Å². The van der Waals surface area contributed by atoms with Crippen LogP contribution in [0.15, 0.2) is 30.5 Å². The molecule has 1 aromatic carbocycles. The second-order valence-electron chi connectivity index (χ2n) is 4.10. The highest BCUT2D eigenvalue weighted by molar-refractivity contribution is 6.04. The first kappa shape index (κ1) is 11.4. The topological polar surface area (TPSA) is 46.9 Å². The molecule has 0 spiro atoms. The summed E-state index contributed by atoms with van der Waals surface area (Å²) in [4.78, 5) is 12.0. The van der Waals surface area contributed by atoms with Crippen LogP contribution in [0.4, 0.5) is 5.69 Å². The summed E-state index contributed by atoms with van der Waals surface area (Å²) in [5.41, 5.74) is 3.20. The molecule has 0 aliphatic carbocycles. The third kappa shape index (κ3) is 2.36. The Labute approximate surface area is 100 Å². The fourth-order valence-corrected chi connectivity index (χ4v) is 1.73. The van der Waals surface area contributed by atoms with Crippen LogP contribution >= 0.6 is 0 Å². The van der Waals surface area contributed by atoms with Gasteiger partial charge < -0.3 is 5.32 Å². The molecule has 4 nitrogen and oxygen atoms in total. The normalized spacial score (nSPS) is 10.3. The molecule has 17 heavy (non-hydrogen) atoms. The van der Waals surface area contributed by atoms with Gasteiger partial charge in [-0.3, -0.25) is 9.48 Å². The van der Waals surface area contributed by atoms with Gasteiger partial charge in [-0.1, -0.05) is 18.2 Å². The highest BCUT2D eigenvalue weighted by Gasteiger charge is 2.13. The minimum atomic E-state index is -0.169. The van der Waals surface area contributed by atoms with Gasteiger partial charge in [0, 0.05) is 24.5 Å². The first-order valence-corrected chi connectivity index (χ1v) is 5.45. The van der Waals surface area contributed by atoms with E-state index in [1.54, 1.807) is 11.7 Å². The molecule has 2 aromatic rings. The lowest BCUT2D eigenvalue weighted by Crippen LogP contribution is -2.14. The largest absolute Gasteiger partial charge is 0.320 e. The molecule has 1 amide bonds. The van der Waals surface area contributed by atoms with E-state index >= 15 is 0 Å². The van der Waals surface area contributed by atoms with Gasteiger partial charge in [-0.15, -0.1) is 0 Å². The quantitative estimate of drug-likeness (QED) is 0.858. The summed E-state index contributed by atoms with van der Waals surface area (Å²) in [5, 5.41) is 7.01. The molecule has 0 atom stereocenters. The molecule has 1 aromatic heterocycles. The van der Waals surface area contributed by atoms with Crippen molar-refractivity contribution in [2.75, 3.05) is 5.32 Å². The average Bonchev–Trinajstić information content (AvgIpc) is 2.61. The molecular weight excluding hydrogens is 214 g/mol. The lowest BCUT2D eigenvalue weighted by atomic mass is 10.2. The number of carbonyl (C=O) groups excluding carboxylic acids is 1. The van der Waals surface area contributed by atoms with Gasteiger partial charge in [-0.05, 0) is 25.5 Å². The molecule has 0 fully saturated rings. The van der Waals surface area contributed by atoms with E-state index in [0.29, 0.717) is 5.69 Å². The van der Waals surface area contributed by atoms with Crippen LogP contribution in [0, 0.1) is 13.8 Å². The molecule has 0 aliphatic rings. The second-order valence-corrected chi connectivity index (χ2v) is 4.10. The Balaban J connectivity index is 2.23. The maximum absolute atomic E-state index is 12.0. The van der Waals surface area contributed by atoms with Gasteiger partial charge in [0.25, 0.3) is 5.91 Å². The van der Waals surface area contributed by atoms with Crippen LogP contribution in [0.3, 0.4) is 0 Å². The van der Waals surface area contributed by atoms with Crippen molar-refractivity contribution in [3.63, 3.8) is 0 Å². The van der Waals surface area contributed by atoms with Crippen molar-refractivity contribution in [1.29, 1.82) is 0 Å². The Morgan fingerprint density at radius 2 is 1.94 bits per heavy atom. The highest BCUT2D eigenvalue weighted by Crippen LogP contribution is 2.15. The summed E-state index contributed by atoms with van der Waals surface area (Å²) in [6.45, 7) is 3.83. The van der Waals surface area contributed by atoms with E-state index in [2.05, 4.69) is 10.4 Å². The molecular formula is C13H15N3O. The lowest BCUT2D eigenvalue weighted by molar-refractivity contribution is 0.102. The number of aromatic nitrogens is 2. The van der Waals surface area contributed by atoms with E-state index < -0.39 is 0 Å². The number of rotatable bonds is 2. The van der Waals surface area contributed by atoms with E-state index in [9.17, 15) is 4.79 Å². The monoisotopic (exact) mass is 229 g/mol. The van der Waals surface area contributed by atoms with Crippen molar-refractivity contribution in [3.05, 3.63) is 47.3 Å². The molecule has 1 N–H and O–H groups in total. The number of anilines is 1. The van der Waals surface area contributed by atoms with Crippen LogP contribution < -0.4 is 5.32 Å². The van der Waals surface area contributed by atoms with Gasteiger partial charge >= 0.3 is 0 Å². The summed E-state index contributed by atoms with van der Waals surface area (Å²) < 4.78 is 1.64. The van der Waals surface area contributed by atoms with Crippen molar-refractivity contribution >= 4 is 11.6 Å². The molecule has 0 radical (unpaired) electrons. The third-order valence-corrected chi connectivity index (χ3v) is 2.62. The minimum absolute atomic E-state index is 0.169. The maximum Gasteiger partial charge on any atom is 0.276 e. The minimum Gasteiger partial charge on any atom is -0.320 e. The SMILES string of the molecule is Cc1ccccc1NC(=O)c1nn(C)cc1C. The van der Waals surface area contributed by atoms with E-state index in [1.165, 1.54) is 0 Å². The standard InChI is InChI=1S/C13H15N3O/c1-9-6-4-5-7-11(9)14-13(17)12-10(2)8-16(3)15-12/h4-8H,1-3H3,(H,14,17). The van der Waals surface area contributed by atoms with Crippen molar-refractivity contribution < 1.29 is 4.79 Å². The van der Waals surface area contributed by atoms with Crippen molar-refractivity contribution in [1.82, 2.24) is 9.78 Å². The van der Waals surface area contributed by atoms with Gasteiger partial charge in [0.15, 0.2) is 5.69 Å². The Morgan fingerprint density at radius 3 is 2.53 bits per heavy atom. The zero-order valence-electron chi connectivity index (χ0n) is 10.2. The highest BCUT2D eigenvalue weighted by atomic mass is 16.2. The van der Waals surface area contributed by atoms with Crippen molar-refractivity contribution in [2.24, 2.45) is 7.05 Å². The predicted molar refractivity (Wildman–Crippen MR) is 67.1 cm³/mol. The molecule has 0 saturated heterocycles. The van der Waals surface area contributed by atoms with Crippen LogP contribution in [-0.4, -0.2) is 15.7 Å². The number of aryl methyl sites for hydroxylation is 3. The molecule has 2 rings (SSSR count). The van der Waals surface area contributed by atoms with Crippen molar-refractivity contribution in [3.8, 4) is 0 Å². The number of para-hydroxylation sites is 1. The Kier molecular flexibility index (Phi) is 2.95. The van der Waals surface area contributed by atoms with E-state index in [4.69, 9.17) is 0 Å². The number of carbonyl (C=O) groups is 1. The lowest BCUT2D eigenvalue weighted by Gasteiger charge is -2.06. The molecule has 4 heteroatoms. The summed E-state index contributed by atoms with van der Waals surface area (Å²) in [6.07, 6.45) is 1.83. The van der Waals surface area contributed by atoms with Gasteiger partial charge in [0.2, 0.25) is 0 Å². The number of amides is 1. The average molecular weight is 229 g/mol. The molecule has 0 bridgehead atoms. The summed E-state index contributed by atoms with van der Waals surface area (Å²) in [7, 11) is 1.80. The summed E-state index contributed by atoms with van der Waals surface area (Å²) >= 11 is 0. The first-order valence-electron chi connectivity index (χ1n) is 5.45. The number of hydrogen-bond acceptors (Lipinski definition) is 2. The molecule has 1 heterocycles. The van der Waals surface area contributed by atoms with Crippen molar-refractivity contribution in [2.45, 2.75) is 13.8 Å². The maximum atomic E-state index is 12.0. The third-order valence-electron chi connectivity index (χ3n) is 2.62. The fourth-order valence-electron chi connectivity index (χ4n) is 1.73.